The van der Waals surface area contributed by atoms with Gasteiger partial charge in [0.2, 0.25) is 0 Å². The molecule has 2 rings (SSSR count). The Labute approximate surface area is 95.9 Å². The minimum atomic E-state index is 0.324. The largest absolute Gasteiger partial charge is 0.396 e. The van der Waals surface area contributed by atoms with Crippen LogP contribution in [0, 0.1) is 5.92 Å². The molecule has 1 aromatic carbocycles. The van der Waals surface area contributed by atoms with Crippen molar-refractivity contribution in [3.05, 3.63) is 29.8 Å². The third kappa shape index (κ3) is 2.76. The van der Waals surface area contributed by atoms with Crippen LogP contribution in [0.15, 0.2) is 29.2 Å². The second kappa shape index (κ2) is 5.04. The van der Waals surface area contributed by atoms with E-state index in [0.717, 1.165) is 11.7 Å². The second-order valence-corrected chi connectivity index (χ2v) is 5.76. The fourth-order valence-corrected chi connectivity index (χ4v) is 3.31. The number of benzene rings is 1. The number of rotatable bonds is 4. The van der Waals surface area contributed by atoms with E-state index in [1.54, 1.807) is 0 Å². The Balaban J connectivity index is 1.85. The number of thioether (sulfide) groups is 1. The summed E-state index contributed by atoms with van der Waals surface area (Å²) in [5.41, 5.74) is 1.50. The molecule has 0 fully saturated rings. The average Bonchev–Trinajstić information content (AvgIpc) is 2.68. The van der Waals surface area contributed by atoms with E-state index in [9.17, 15) is 0 Å². The Hall–Kier alpha value is -0.470. The first kappa shape index (κ1) is 11.0. The molecule has 0 saturated carbocycles. The molecule has 1 N–H and O–H groups in total. The maximum Gasteiger partial charge on any atom is 0.0456 e. The molecule has 0 bridgehead atoms. The molecule has 82 valence electrons. The molecule has 1 aliphatic heterocycles. The van der Waals surface area contributed by atoms with Crippen LogP contribution in [0.2, 0.25) is 0 Å². The smallest absolute Gasteiger partial charge is 0.0456 e. The highest BCUT2D eigenvalue weighted by molar-refractivity contribution is 8.00. The van der Waals surface area contributed by atoms with Crippen molar-refractivity contribution in [1.29, 1.82) is 0 Å². The number of hydrogen-bond acceptors (Lipinski definition) is 2. The first-order chi connectivity index (χ1) is 7.29. The number of hydrogen-bond donors (Lipinski definition) is 1. The predicted octanol–water partition coefficient (Wildman–Crippen LogP) is 3.11. The molecule has 1 nitrogen and oxygen atoms in total. The van der Waals surface area contributed by atoms with E-state index in [4.69, 9.17) is 5.11 Å². The van der Waals surface area contributed by atoms with Crippen molar-refractivity contribution in [3.8, 4) is 0 Å². The van der Waals surface area contributed by atoms with Gasteiger partial charge in [0.1, 0.15) is 0 Å². The molecule has 1 aliphatic rings. The van der Waals surface area contributed by atoms with Gasteiger partial charge < -0.3 is 5.11 Å². The van der Waals surface area contributed by atoms with Crippen molar-refractivity contribution in [2.75, 3.05) is 6.61 Å². The monoisotopic (exact) mass is 222 g/mol. The molecule has 15 heavy (non-hydrogen) atoms. The normalized spacial score (nSPS) is 21.3. The van der Waals surface area contributed by atoms with Crippen LogP contribution >= 0.6 is 11.8 Å². The van der Waals surface area contributed by atoms with Gasteiger partial charge in [0, 0.05) is 16.8 Å². The van der Waals surface area contributed by atoms with Crippen LogP contribution in [-0.2, 0) is 6.42 Å². The molecule has 0 radical (unpaired) electrons. The van der Waals surface area contributed by atoms with Gasteiger partial charge in [-0.05, 0) is 36.8 Å². The van der Waals surface area contributed by atoms with Crippen LogP contribution in [0.5, 0.6) is 0 Å². The first-order valence-corrected chi connectivity index (χ1v) is 6.53. The molecule has 0 saturated heterocycles. The summed E-state index contributed by atoms with van der Waals surface area (Å²) in [6.45, 7) is 2.44. The first-order valence-electron chi connectivity index (χ1n) is 5.65. The lowest BCUT2D eigenvalue weighted by molar-refractivity contribution is 0.228. The molecule has 0 amide bonds. The topological polar surface area (TPSA) is 20.2 Å². The molecule has 2 atom stereocenters. The Morgan fingerprint density at radius 2 is 2.27 bits per heavy atom. The minimum Gasteiger partial charge on any atom is -0.396 e. The standard InChI is InChI=1S/C13H18OS/c1-10(9-14)6-7-12-8-11-4-2-3-5-13(11)15-12/h2-5,10,12,14H,6-9H2,1H3. The summed E-state index contributed by atoms with van der Waals surface area (Å²) in [6.07, 6.45) is 3.57. The average molecular weight is 222 g/mol. The maximum absolute atomic E-state index is 8.98. The Kier molecular flexibility index (Phi) is 3.71. The summed E-state index contributed by atoms with van der Waals surface area (Å²) in [6, 6.07) is 8.69. The number of aliphatic hydroxyl groups excluding tert-OH is 1. The lowest BCUT2D eigenvalue weighted by Crippen LogP contribution is -2.06. The molecular weight excluding hydrogens is 204 g/mol. The summed E-state index contributed by atoms with van der Waals surface area (Å²) in [4.78, 5) is 1.46. The van der Waals surface area contributed by atoms with Gasteiger partial charge in [0.15, 0.2) is 0 Å². The zero-order valence-corrected chi connectivity index (χ0v) is 9.96. The molecule has 0 spiro atoms. The van der Waals surface area contributed by atoms with Crippen molar-refractivity contribution in [1.82, 2.24) is 0 Å². The van der Waals surface area contributed by atoms with Crippen LogP contribution in [0.4, 0.5) is 0 Å². The van der Waals surface area contributed by atoms with Crippen LogP contribution in [0.1, 0.15) is 25.3 Å². The molecule has 1 heterocycles. The van der Waals surface area contributed by atoms with Gasteiger partial charge in [-0.15, -0.1) is 11.8 Å². The van der Waals surface area contributed by atoms with Crippen molar-refractivity contribution in [2.24, 2.45) is 5.92 Å². The van der Waals surface area contributed by atoms with Crippen LogP contribution in [-0.4, -0.2) is 17.0 Å². The molecule has 2 heteroatoms. The minimum absolute atomic E-state index is 0.324. The summed E-state index contributed by atoms with van der Waals surface area (Å²) in [7, 11) is 0. The van der Waals surface area contributed by atoms with E-state index in [1.165, 1.54) is 23.3 Å². The van der Waals surface area contributed by atoms with Gasteiger partial charge in [-0.3, -0.25) is 0 Å². The summed E-state index contributed by atoms with van der Waals surface area (Å²) >= 11 is 2.01. The van der Waals surface area contributed by atoms with Crippen molar-refractivity contribution < 1.29 is 5.11 Å². The van der Waals surface area contributed by atoms with Crippen LogP contribution < -0.4 is 0 Å². The lowest BCUT2D eigenvalue weighted by Gasteiger charge is -2.11. The number of fused-ring (bicyclic) bond motifs is 1. The highest BCUT2D eigenvalue weighted by Crippen LogP contribution is 2.39. The van der Waals surface area contributed by atoms with Gasteiger partial charge in [-0.2, -0.15) is 0 Å². The van der Waals surface area contributed by atoms with Crippen molar-refractivity contribution in [2.45, 2.75) is 36.3 Å². The van der Waals surface area contributed by atoms with E-state index in [0.29, 0.717) is 12.5 Å². The third-order valence-corrected chi connectivity index (χ3v) is 4.39. The van der Waals surface area contributed by atoms with E-state index < -0.39 is 0 Å². The number of aliphatic hydroxyl groups is 1. The zero-order valence-electron chi connectivity index (χ0n) is 9.15. The maximum atomic E-state index is 8.98. The fourth-order valence-electron chi connectivity index (χ4n) is 1.98. The van der Waals surface area contributed by atoms with Gasteiger partial charge in [-0.25, -0.2) is 0 Å². The quantitative estimate of drug-likeness (QED) is 0.844. The highest BCUT2D eigenvalue weighted by atomic mass is 32.2. The predicted molar refractivity (Wildman–Crippen MR) is 65.3 cm³/mol. The van der Waals surface area contributed by atoms with E-state index >= 15 is 0 Å². The van der Waals surface area contributed by atoms with E-state index in [1.807, 2.05) is 11.8 Å². The molecule has 2 unspecified atom stereocenters. The zero-order chi connectivity index (χ0) is 10.7. The Morgan fingerprint density at radius 1 is 1.47 bits per heavy atom. The third-order valence-electron chi connectivity index (χ3n) is 3.01. The molecule has 0 aromatic heterocycles. The second-order valence-electron chi connectivity index (χ2n) is 4.42. The summed E-state index contributed by atoms with van der Waals surface area (Å²) < 4.78 is 0. The Morgan fingerprint density at radius 3 is 3.00 bits per heavy atom. The molecule has 0 aliphatic carbocycles. The summed E-state index contributed by atoms with van der Waals surface area (Å²) in [5.74, 6) is 0.453. The van der Waals surface area contributed by atoms with E-state index in [2.05, 4.69) is 31.2 Å². The van der Waals surface area contributed by atoms with Crippen molar-refractivity contribution >= 4 is 11.8 Å². The van der Waals surface area contributed by atoms with Crippen LogP contribution in [0.3, 0.4) is 0 Å². The van der Waals surface area contributed by atoms with Gasteiger partial charge >= 0.3 is 0 Å². The fraction of sp³-hybridized carbons (Fsp3) is 0.538. The van der Waals surface area contributed by atoms with E-state index in [-0.39, 0.29) is 0 Å². The molecule has 1 aromatic rings. The lowest BCUT2D eigenvalue weighted by atomic mass is 10.0. The van der Waals surface area contributed by atoms with Crippen LogP contribution in [0.25, 0.3) is 0 Å². The SMILES string of the molecule is CC(CO)CCC1Cc2ccccc2S1. The summed E-state index contributed by atoms with van der Waals surface area (Å²) in [5, 5.41) is 9.71. The van der Waals surface area contributed by atoms with Gasteiger partial charge in [0.25, 0.3) is 0 Å². The van der Waals surface area contributed by atoms with Gasteiger partial charge in [0.05, 0.1) is 0 Å². The van der Waals surface area contributed by atoms with Gasteiger partial charge in [-0.1, -0.05) is 25.1 Å². The van der Waals surface area contributed by atoms with Crippen molar-refractivity contribution in [3.63, 3.8) is 0 Å². The highest BCUT2D eigenvalue weighted by Gasteiger charge is 2.21. The Bertz CT molecular complexity index is 299. The molecular formula is C13H18OS.